The molecular weight excluding hydrogens is 396 g/mol. The highest BCUT2D eigenvalue weighted by molar-refractivity contribution is 6.11. The van der Waals surface area contributed by atoms with Gasteiger partial charge in [0.25, 0.3) is 0 Å². The standard InChI is InChI=1S/C25H30O6/c1-19-13-14-25(20(2)26,31-18-29-16-22-11-7-4-8-12-22)24(27)23(19)30-17-28-15-21-9-5-3-6-10-21/h3-12,19,23H,13-18H2,1-2H3/t19?,23?,25-/m0/s1. The van der Waals surface area contributed by atoms with Crippen molar-refractivity contribution in [2.75, 3.05) is 13.6 Å². The van der Waals surface area contributed by atoms with E-state index in [1.54, 1.807) is 0 Å². The minimum Gasteiger partial charge on any atom is -0.351 e. The average Bonchev–Trinajstić information content (AvgIpc) is 2.79. The molecule has 0 radical (unpaired) electrons. The van der Waals surface area contributed by atoms with Crippen molar-refractivity contribution in [1.82, 2.24) is 0 Å². The van der Waals surface area contributed by atoms with E-state index in [-0.39, 0.29) is 31.1 Å². The lowest BCUT2D eigenvalue weighted by molar-refractivity contribution is -0.200. The molecule has 1 fully saturated rings. The second kappa shape index (κ2) is 11.3. The number of ether oxygens (including phenoxy) is 4. The van der Waals surface area contributed by atoms with Crippen LogP contribution in [0.1, 0.15) is 37.8 Å². The van der Waals surface area contributed by atoms with Gasteiger partial charge in [-0.2, -0.15) is 0 Å². The van der Waals surface area contributed by atoms with Gasteiger partial charge >= 0.3 is 0 Å². The third-order valence-corrected chi connectivity index (χ3v) is 5.64. The van der Waals surface area contributed by atoms with Crippen molar-refractivity contribution in [2.24, 2.45) is 5.92 Å². The molecule has 1 aliphatic carbocycles. The van der Waals surface area contributed by atoms with Crippen molar-refractivity contribution >= 4 is 11.6 Å². The van der Waals surface area contributed by atoms with Crippen molar-refractivity contribution in [3.8, 4) is 0 Å². The van der Waals surface area contributed by atoms with Crippen molar-refractivity contribution < 1.29 is 28.5 Å². The van der Waals surface area contributed by atoms with Gasteiger partial charge < -0.3 is 18.9 Å². The summed E-state index contributed by atoms with van der Waals surface area (Å²) in [5.41, 5.74) is 0.474. The zero-order chi connectivity index (χ0) is 22.1. The fourth-order valence-electron chi connectivity index (χ4n) is 3.76. The Morgan fingerprint density at radius 1 is 0.935 bits per heavy atom. The molecular formula is C25H30O6. The topological polar surface area (TPSA) is 71.1 Å². The molecule has 3 atom stereocenters. The normalized spacial score (nSPS) is 23.6. The third-order valence-electron chi connectivity index (χ3n) is 5.64. The second-order valence-electron chi connectivity index (χ2n) is 7.90. The molecule has 0 bridgehead atoms. The van der Waals surface area contributed by atoms with Crippen LogP contribution in [0.5, 0.6) is 0 Å². The van der Waals surface area contributed by atoms with Crippen LogP contribution < -0.4 is 0 Å². The van der Waals surface area contributed by atoms with E-state index in [1.165, 1.54) is 6.92 Å². The van der Waals surface area contributed by atoms with Gasteiger partial charge in [-0.05, 0) is 36.8 Å². The van der Waals surface area contributed by atoms with E-state index in [4.69, 9.17) is 18.9 Å². The summed E-state index contributed by atoms with van der Waals surface area (Å²) in [6.45, 7) is 3.87. The molecule has 31 heavy (non-hydrogen) atoms. The first kappa shape index (κ1) is 23.3. The fourth-order valence-corrected chi connectivity index (χ4v) is 3.76. The lowest BCUT2D eigenvalue weighted by atomic mass is 9.74. The van der Waals surface area contributed by atoms with Gasteiger partial charge in [0.05, 0.1) is 13.2 Å². The Morgan fingerprint density at radius 2 is 1.48 bits per heavy atom. The predicted octanol–water partition coefficient (Wildman–Crippen LogP) is 4.06. The van der Waals surface area contributed by atoms with Gasteiger partial charge in [-0.1, -0.05) is 67.6 Å². The minimum absolute atomic E-state index is 0.0332. The molecule has 2 aromatic carbocycles. The minimum atomic E-state index is -1.53. The number of benzene rings is 2. The number of carbonyl (C=O) groups is 2. The maximum absolute atomic E-state index is 13.2. The van der Waals surface area contributed by atoms with Crippen LogP contribution in [0, 0.1) is 5.92 Å². The SMILES string of the molecule is CC(=O)[C@@]1(OCOCc2ccccc2)CCC(C)C(OCOCc2ccccc2)C1=O. The van der Waals surface area contributed by atoms with Crippen LogP contribution in [-0.4, -0.2) is 36.9 Å². The smallest absolute Gasteiger partial charge is 0.201 e. The molecule has 0 N–H and O–H groups in total. The summed E-state index contributed by atoms with van der Waals surface area (Å²) in [6, 6.07) is 19.4. The predicted molar refractivity (Wildman–Crippen MR) is 115 cm³/mol. The van der Waals surface area contributed by atoms with Gasteiger partial charge in [0.2, 0.25) is 5.78 Å². The molecule has 2 aromatic rings. The van der Waals surface area contributed by atoms with Crippen LogP contribution in [0.4, 0.5) is 0 Å². The highest BCUT2D eigenvalue weighted by Crippen LogP contribution is 2.35. The van der Waals surface area contributed by atoms with Crippen molar-refractivity contribution in [3.63, 3.8) is 0 Å². The van der Waals surface area contributed by atoms with E-state index < -0.39 is 11.7 Å². The molecule has 0 spiro atoms. The maximum atomic E-state index is 13.2. The molecule has 2 unspecified atom stereocenters. The first-order valence-corrected chi connectivity index (χ1v) is 10.6. The Bertz CT molecular complexity index is 838. The number of hydrogen-bond acceptors (Lipinski definition) is 6. The summed E-state index contributed by atoms with van der Waals surface area (Å²) in [7, 11) is 0. The number of ketones is 2. The lowest BCUT2D eigenvalue weighted by Gasteiger charge is -2.39. The van der Waals surface area contributed by atoms with E-state index >= 15 is 0 Å². The van der Waals surface area contributed by atoms with E-state index in [0.29, 0.717) is 26.1 Å². The quantitative estimate of drug-likeness (QED) is 0.307. The summed E-state index contributed by atoms with van der Waals surface area (Å²) in [5.74, 6) is -0.717. The molecule has 1 aliphatic rings. The van der Waals surface area contributed by atoms with E-state index in [9.17, 15) is 9.59 Å². The van der Waals surface area contributed by atoms with Crippen molar-refractivity contribution in [2.45, 2.75) is 51.6 Å². The van der Waals surface area contributed by atoms with E-state index in [2.05, 4.69) is 0 Å². The van der Waals surface area contributed by atoms with Gasteiger partial charge in [0.15, 0.2) is 11.4 Å². The van der Waals surface area contributed by atoms with Crippen LogP contribution in [-0.2, 0) is 41.8 Å². The average molecular weight is 427 g/mol. The summed E-state index contributed by atoms with van der Waals surface area (Å²) in [5, 5.41) is 0. The van der Waals surface area contributed by atoms with Gasteiger partial charge in [0.1, 0.15) is 19.7 Å². The number of Topliss-reactive ketones (excluding diaryl/α,β-unsaturated/α-hetero) is 2. The summed E-state index contributed by atoms with van der Waals surface area (Å²) in [6.07, 6.45) is 0.192. The molecule has 166 valence electrons. The molecule has 0 saturated heterocycles. The highest BCUT2D eigenvalue weighted by atomic mass is 16.7. The van der Waals surface area contributed by atoms with Gasteiger partial charge in [0, 0.05) is 0 Å². The first-order chi connectivity index (χ1) is 15.0. The number of carbonyl (C=O) groups excluding carboxylic acids is 2. The monoisotopic (exact) mass is 426 g/mol. The molecule has 0 aromatic heterocycles. The Labute approximate surface area is 183 Å². The number of hydrogen-bond donors (Lipinski definition) is 0. The second-order valence-corrected chi connectivity index (χ2v) is 7.90. The van der Waals surface area contributed by atoms with Gasteiger partial charge in [-0.15, -0.1) is 0 Å². The van der Waals surface area contributed by atoms with Gasteiger partial charge in [-0.3, -0.25) is 9.59 Å². The van der Waals surface area contributed by atoms with Crippen LogP contribution in [0.15, 0.2) is 60.7 Å². The van der Waals surface area contributed by atoms with E-state index in [0.717, 1.165) is 11.1 Å². The molecule has 6 nitrogen and oxygen atoms in total. The molecule has 0 heterocycles. The van der Waals surface area contributed by atoms with Crippen molar-refractivity contribution in [3.05, 3.63) is 71.8 Å². The van der Waals surface area contributed by atoms with E-state index in [1.807, 2.05) is 67.6 Å². The van der Waals surface area contributed by atoms with Crippen LogP contribution in [0.3, 0.4) is 0 Å². The zero-order valence-corrected chi connectivity index (χ0v) is 18.1. The molecule has 6 heteroatoms. The third kappa shape index (κ3) is 6.08. The molecule has 0 aliphatic heterocycles. The summed E-state index contributed by atoms with van der Waals surface area (Å²) >= 11 is 0. The Kier molecular flexibility index (Phi) is 8.49. The highest BCUT2D eigenvalue weighted by Gasteiger charge is 2.52. The largest absolute Gasteiger partial charge is 0.351 e. The molecule has 3 rings (SSSR count). The van der Waals surface area contributed by atoms with Crippen LogP contribution in [0.2, 0.25) is 0 Å². The van der Waals surface area contributed by atoms with Crippen LogP contribution in [0.25, 0.3) is 0 Å². The summed E-state index contributed by atoms with van der Waals surface area (Å²) in [4.78, 5) is 25.7. The molecule has 0 amide bonds. The first-order valence-electron chi connectivity index (χ1n) is 10.6. The molecule has 1 saturated carbocycles. The van der Waals surface area contributed by atoms with Gasteiger partial charge in [-0.25, -0.2) is 0 Å². The number of rotatable bonds is 11. The Hall–Kier alpha value is -2.38. The lowest BCUT2D eigenvalue weighted by Crippen LogP contribution is -2.58. The maximum Gasteiger partial charge on any atom is 0.201 e. The summed E-state index contributed by atoms with van der Waals surface area (Å²) < 4.78 is 22.7. The Balaban J connectivity index is 1.54. The van der Waals surface area contributed by atoms with Crippen molar-refractivity contribution in [1.29, 1.82) is 0 Å². The van der Waals surface area contributed by atoms with Crippen LogP contribution >= 0.6 is 0 Å². The zero-order valence-electron chi connectivity index (χ0n) is 18.1. The fraction of sp³-hybridized carbons (Fsp3) is 0.440. The Morgan fingerprint density at radius 3 is 2.03 bits per heavy atom.